The third kappa shape index (κ3) is 2.30. The minimum absolute atomic E-state index is 0.0132. The van der Waals surface area contributed by atoms with Gasteiger partial charge < -0.3 is 10.2 Å². The van der Waals surface area contributed by atoms with Gasteiger partial charge in [-0.25, -0.2) is 9.18 Å². The number of halogens is 1. The molecule has 5 nitrogen and oxygen atoms in total. The molecule has 0 saturated heterocycles. The van der Waals surface area contributed by atoms with Crippen LogP contribution in [-0.2, 0) is 13.0 Å². The van der Waals surface area contributed by atoms with Crippen molar-refractivity contribution >= 4 is 5.97 Å². The molecule has 0 unspecified atom stereocenters. The van der Waals surface area contributed by atoms with Gasteiger partial charge in [0.25, 0.3) is 0 Å². The van der Waals surface area contributed by atoms with Gasteiger partial charge in [0.2, 0.25) is 0 Å². The highest BCUT2D eigenvalue weighted by Gasteiger charge is 2.23. The molecule has 0 aliphatic carbocycles. The van der Waals surface area contributed by atoms with Crippen LogP contribution in [0.2, 0.25) is 0 Å². The molecule has 0 radical (unpaired) electrons. The number of aliphatic hydroxyl groups excluding tert-OH is 1. The minimum atomic E-state index is -1.19. The van der Waals surface area contributed by atoms with Gasteiger partial charge in [0.05, 0.1) is 6.61 Å². The Morgan fingerprint density at radius 1 is 1.45 bits per heavy atom. The summed E-state index contributed by atoms with van der Waals surface area (Å²) in [6.07, 6.45) is 0.621. The second-order valence-electron chi connectivity index (χ2n) is 4.50. The van der Waals surface area contributed by atoms with Gasteiger partial charge in [0.1, 0.15) is 17.1 Å². The number of hydrogen-bond acceptors (Lipinski definition) is 3. The first-order chi connectivity index (χ1) is 9.49. The highest BCUT2D eigenvalue weighted by molar-refractivity contribution is 5.96. The van der Waals surface area contributed by atoms with Gasteiger partial charge in [0, 0.05) is 11.3 Å². The number of aromatic carboxylic acids is 1. The summed E-state index contributed by atoms with van der Waals surface area (Å²) in [5.41, 5.74) is 1.37. The Morgan fingerprint density at radius 2 is 2.15 bits per heavy atom. The SMILES string of the molecule is CCc1cc(F)c(-c2n[nH]c(C)c2C(=O)O)c(CO)c1. The van der Waals surface area contributed by atoms with E-state index in [9.17, 15) is 19.4 Å². The maximum Gasteiger partial charge on any atom is 0.339 e. The highest BCUT2D eigenvalue weighted by atomic mass is 19.1. The molecule has 106 valence electrons. The number of aromatic nitrogens is 2. The Balaban J connectivity index is 2.73. The first-order valence-corrected chi connectivity index (χ1v) is 6.20. The molecular weight excluding hydrogens is 263 g/mol. The van der Waals surface area contributed by atoms with Gasteiger partial charge in [-0.2, -0.15) is 5.10 Å². The standard InChI is InChI=1S/C14H15FN2O3/c1-3-8-4-9(6-18)12(10(15)5-8)13-11(14(19)20)7(2)16-17-13/h4-5,18H,3,6H2,1-2H3,(H,16,17)(H,19,20). The fourth-order valence-corrected chi connectivity index (χ4v) is 2.19. The number of hydrogen-bond donors (Lipinski definition) is 3. The van der Waals surface area contributed by atoms with Crippen LogP contribution in [0.4, 0.5) is 4.39 Å². The Kier molecular flexibility index (Phi) is 3.85. The van der Waals surface area contributed by atoms with Crippen molar-refractivity contribution in [3.63, 3.8) is 0 Å². The summed E-state index contributed by atoms with van der Waals surface area (Å²) < 4.78 is 14.3. The lowest BCUT2D eigenvalue weighted by Crippen LogP contribution is -2.03. The van der Waals surface area contributed by atoms with Gasteiger partial charge in [-0.05, 0) is 30.5 Å². The molecule has 0 bridgehead atoms. The van der Waals surface area contributed by atoms with E-state index in [1.807, 2.05) is 6.92 Å². The summed E-state index contributed by atoms with van der Waals surface area (Å²) >= 11 is 0. The van der Waals surface area contributed by atoms with Crippen LogP contribution in [0.25, 0.3) is 11.3 Å². The van der Waals surface area contributed by atoms with Crippen LogP contribution in [0.5, 0.6) is 0 Å². The lowest BCUT2D eigenvalue weighted by molar-refractivity contribution is 0.0697. The number of aromatic amines is 1. The van der Waals surface area contributed by atoms with Crippen LogP contribution in [0.1, 0.15) is 34.1 Å². The number of carboxylic acid groups (broad SMARTS) is 1. The average molecular weight is 278 g/mol. The number of benzene rings is 1. The van der Waals surface area contributed by atoms with E-state index in [0.29, 0.717) is 17.7 Å². The lowest BCUT2D eigenvalue weighted by Gasteiger charge is -2.10. The fourth-order valence-electron chi connectivity index (χ4n) is 2.19. The van der Waals surface area contributed by atoms with E-state index >= 15 is 0 Å². The van der Waals surface area contributed by atoms with E-state index in [0.717, 1.165) is 5.56 Å². The first kappa shape index (κ1) is 14.2. The molecule has 0 saturated carbocycles. The Bertz CT molecular complexity index is 665. The number of rotatable bonds is 4. The maximum atomic E-state index is 14.3. The second kappa shape index (κ2) is 5.42. The largest absolute Gasteiger partial charge is 0.478 e. The third-order valence-electron chi connectivity index (χ3n) is 3.21. The van der Waals surface area contributed by atoms with Crippen molar-refractivity contribution in [2.24, 2.45) is 0 Å². The Hall–Kier alpha value is -2.21. The van der Waals surface area contributed by atoms with Crippen molar-refractivity contribution in [2.45, 2.75) is 26.9 Å². The molecule has 6 heteroatoms. The zero-order valence-corrected chi connectivity index (χ0v) is 11.2. The molecule has 20 heavy (non-hydrogen) atoms. The minimum Gasteiger partial charge on any atom is -0.478 e. The molecule has 2 rings (SSSR count). The van der Waals surface area contributed by atoms with Crippen LogP contribution in [0.3, 0.4) is 0 Å². The van der Waals surface area contributed by atoms with Gasteiger partial charge in [-0.15, -0.1) is 0 Å². The highest BCUT2D eigenvalue weighted by Crippen LogP contribution is 2.31. The third-order valence-corrected chi connectivity index (χ3v) is 3.21. The van der Waals surface area contributed by atoms with Crippen molar-refractivity contribution in [2.75, 3.05) is 0 Å². The number of nitrogens with zero attached hydrogens (tertiary/aromatic N) is 1. The van der Waals surface area contributed by atoms with Crippen molar-refractivity contribution < 1.29 is 19.4 Å². The molecule has 0 amide bonds. The van der Waals surface area contributed by atoms with Crippen LogP contribution < -0.4 is 0 Å². The Morgan fingerprint density at radius 3 is 2.70 bits per heavy atom. The number of aliphatic hydroxyl groups is 1. The fraction of sp³-hybridized carbons (Fsp3) is 0.286. The lowest BCUT2D eigenvalue weighted by atomic mass is 9.97. The average Bonchev–Trinajstić information content (AvgIpc) is 2.79. The molecule has 1 aromatic heterocycles. The second-order valence-corrected chi connectivity index (χ2v) is 4.50. The molecule has 0 spiro atoms. The van der Waals surface area contributed by atoms with Gasteiger partial charge >= 0.3 is 5.97 Å². The molecule has 0 fully saturated rings. The van der Waals surface area contributed by atoms with Crippen molar-refractivity contribution in [1.29, 1.82) is 0 Å². The number of nitrogens with one attached hydrogen (secondary N) is 1. The summed E-state index contributed by atoms with van der Waals surface area (Å²) in [5, 5.41) is 25.0. The normalized spacial score (nSPS) is 10.8. The maximum absolute atomic E-state index is 14.3. The van der Waals surface area contributed by atoms with E-state index in [-0.39, 0.29) is 23.4 Å². The quantitative estimate of drug-likeness (QED) is 0.800. The summed E-state index contributed by atoms with van der Waals surface area (Å²) in [4.78, 5) is 11.3. The predicted molar refractivity (Wildman–Crippen MR) is 71.0 cm³/mol. The van der Waals surface area contributed by atoms with Crippen molar-refractivity contribution in [3.05, 3.63) is 40.3 Å². The van der Waals surface area contributed by atoms with Gasteiger partial charge in [-0.1, -0.05) is 13.0 Å². The van der Waals surface area contributed by atoms with Crippen LogP contribution >= 0.6 is 0 Å². The summed E-state index contributed by atoms with van der Waals surface area (Å²) in [6.45, 7) is 3.04. The van der Waals surface area contributed by atoms with Gasteiger partial charge in [0.15, 0.2) is 0 Å². The van der Waals surface area contributed by atoms with E-state index < -0.39 is 11.8 Å². The molecule has 2 aromatic rings. The van der Waals surface area contributed by atoms with Crippen molar-refractivity contribution in [1.82, 2.24) is 10.2 Å². The molecule has 3 N–H and O–H groups in total. The van der Waals surface area contributed by atoms with E-state index in [1.54, 1.807) is 13.0 Å². The zero-order chi connectivity index (χ0) is 14.9. The zero-order valence-electron chi connectivity index (χ0n) is 11.2. The summed E-state index contributed by atoms with van der Waals surface area (Å²) in [7, 11) is 0. The number of aryl methyl sites for hydroxylation is 2. The van der Waals surface area contributed by atoms with Gasteiger partial charge in [-0.3, -0.25) is 5.10 Å². The molecule has 1 aromatic carbocycles. The molecule has 1 heterocycles. The molecular formula is C14H15FN2O3. The Labute approximate surface area is 115 Å². The van der Waals surface area contributed by atoms with E-state index in [2.05, 4.69) is 10.2 Å². The van der Waals surface area contributed by atoms with E-state index in [4.69, 9.17) is 0 Å². The number of carbonyl (C=O) groups is 1. The molecule has 0 atom stereocenters. The molecule has 0 aliphatic rings. The summed E-state index contributed by atoms with van der Waals surface area (Å²) in [5.74, 6) is -1.77. The number of carboxylic acids is 1. The van der Waals surface area contributed by atoms with Crippen LogP contribution in [0.15, 0.2) is 12.1 Å². The smallest absolute Gasteiger partial charge is 0.339 e. The topological polar surface area (TPSA) is 86.2 Å². The van der Waals surface area contributed by atoms with Crippen molar-refractivity contribution in [3.8, 4) is 11.3 Å². The van der Waals surface area contributed by atoms with Crippen LogP contribution in [0, 0.1) is 12.7 Å². The first-order valence-electron chi connectivity index (χ1n) is 6.20. The predicted octanol–water partition coefficient (Wildman–Crippen LogP) is 2.28. The molecule has 0 aliphatic heterocycles. The van der Waals surface area contributed by atoms with Crippen LogP contribution in [-0.4, -0.2) is 26.4 Å². The summed E-state index contributed by atoms with van der Waals surface area (Å²) in [6, 6.07) is 3.00. The van der Waals surface area contributed by atoms with E-state index in [1.165, 1.54) is 6.07 Å². The number of H-pyrrole nitrogens is 1. The monoisotopic (exact) mass is 278 g/mol.